The van der Waals surface area contributed by atoms with Gasteiger partial charge >= 0.3 is 0 Å². The number of rotatable bonds is 2. The minimum absolute atomic E-state index is 0. The van der Waals surface area contributed by atoms with Crippen molar-refractivity contribution in [3.05, 3.63) is 83.4 Å². The van der Waals surface area contributed by atoms with Crippen LogP contribution in [0.25, 0.3) is 22.3 Å². The Labute approximate surface area is 140 Å². The van der Waals surface area contributed by atoms with E-state index in [1.807, 2.05) is 0 Å². The van der Waals surface area contributed by atoms with E-state index in [0.717, 1.165) is 0 Å². The van der Waals surface area contributed by atoms with E-state index in [-0.39, 0.29) is 13.5 Å². The first-order valence-electron chi connectivity index (χ1n) is 7.40. The predicted molar refractivity (Wildman–Crippen MR) is 102 cm³/mol. The maximum Gasteiger partial charge on any atom is -0.0119 e. The zero-order valence-electron chi connectivity index (χ0n) is 13.4. The topological polar surface area (TPSA) is 0 Å². The Kier molecular flexibility index (Phi) is 5.10. The molecule has 1 heteroatoms. The van der Waals surface area contributed by atoms with Crippen molar-refractivity contribution in [3.8, 4) is 22.3 Å². The molecule has 0 fully saturated rings. The van der Waals surface area contributed by atoms with Crippen LogP contribution in [0.2, 0.25) is 0 Å². The van der Waals surface area contributed by atoms with Gasteiger partial charge in [0.25, 0.3) is 0 Å². The Morgan fingerprint density at radius 1 is 0.545 bits per heavy atom. The summed E-state index contributed by atoms with van der Waals surface area (Å²) < 4.78 is 0. The van der Waals surface area contributed by atoms with Gasteiger partial charge in [0, 0.05) is 0 Å². The SMILES string of the molecule is Cc1cc(C)c(-c2ccccc2)c(C)c1-c1ccccc1.S. The van der Waals surface area contributed by atoms with E-state index in [9.17, 15) is 0 Å². The molecule has 0 amide bonds. The molecule has 0 atom stereocenters. The first-order valence-corrected chi connectivity index (χ1v) is 7.40. The molecule has 0 nitrogen and oxygen atoms in total. The van der Waals surface area contributed by atoms with Crippen LogP contribution in [0.5, 0.6) is 0 Å². The Hall–Kier alpha value is -1.99. The van der Waals surface area contributed by atoms with Crippen molar-refractivity contribution >= 4 is 13.5 Å². The summed E-state index contributed by atoms with van der Waals surface area (Å²) in [5.74, 6) is 0. The summed E-state index contributed by atoms with van der Waals surface area (Å²) in [4.78, 5) is 0. The van der Waals surface area contributed by atoms with Crippen LogP contribution in [0.15, 0.2) is 66.7 Å². The smallest absolute Gasteiger partial charge is 0.0119 e. The van der Waals surface area contributed by atoms with Crippen molar-refractivity contribution < 1.29 is 0 Å². The first-order chi connectivity index (χ1) is 10.2. The summed E-state index contributed by atoms with van der Waals surface area (Å²) in [7, 11) is 0. The molecule has 0 aromatic heterocycles. The normalized spacial score (nSPS) is 10.1. The van der Waals surface area contributed by atoms with E-state index in [1.54, 1.807) is 0 Å². The quantitative estimate of drug-likeness (QED) is 0.540. The minimum atomic E-state index is 0. The van der Waals surface area contributed by atoms with Gasteiger partial charge in [-0.15, -0.1) is 0 Å². The molecule has 0 N–H and O–H groups in total. The van der Waals surface area contributed by atoms with Crippen LogP contribution in [-0.4, -0.2) is 0 Å². The van der Waals surface area contributed by atoms with E-state index >= 15 is 0 Å². The molecule has 0 unspecified atom stereocenters. The maximum atomic E-state index is 2.30. The second-order valence-electron chi connectivity index (χ2n) is 5.62. The highest BCUT2D eigenvalue weighted by molar-refractivity contribution is 7.59. The molecule has 3 aromatic carbocycles. The molecule has 3 rings (SSSR count). The van der Waals surface area contributed by atoms with Gasteiger partial charge in [0.15, 0.2) is 0 Å². The van der Waals surface area contributed by atoms with Crippen LogP contribution in [0, 0.1) is 20.8 Å². The fourth-order valence-corrected chi connectivity index (χ4v) is 3.28. The summed E-state index contributed by atoms with van der Waals surface area (Å²) in [5, 5.41) is 0. The highest BCUT2D eigenvalue weighted by Crippen LogP contribution is 2.36. The number of benzene rings is 3. The van der Waals surface area contributed by atoms with Gasteiger partial charge in [-0.3, -0.25) is 0 Å². The van der Waals surface area contributed by atoms with Crippen molar-refractivity contribution in [2.45, 2.75) is 20.8 Å². The minimum Gasteiger partial charge on any atom is -0.197 e. The Morgan fingerprint density at radius 3 is 1.27 bits per heavy atom. The van der Waals surface area contributed by atoms with Crippen LogP contribution in [0.1, 0.15) is 16.7 Å². The third-order valence-electron chi connectivity index (χ3n) is 4.10. The molecule has 112 valence electrons. The summed E-state index contributed by atoms with van der Waals surface area (Å²) in [5.41, 5.74) is 9.37. The average Bonchev–Trinajstić information content (AvgIpc) is 2.49. The van der Waals surface area contributed by atoms with E-state index in [2.05, 4.69) is 87.5 Å². The molecule has 0 spiro atoms. The van der Waals surface area contributed by atoms with Crippen LogP contribution in [0.4, 0.5) is 0 Å². The fourth-order valence-electron chi connectivity index (χ4n) is 3.28. The molecule has 0 radical (unpaired) electrons. The fraction of sp³-hybridized carbons (Fsp3) is 0.143. The van der Waals surface area contributed by atoms with Gasteiger partial charge in [0.1, 0.15) is 0 Å². The van der Waals surface area contributed by atoms with Gasteiger partial charge in [-0.2, -0.15) is 13.5 Å². The molecule has 22 heavy (non-hydrogen) atoms. The van der Waals surface area contributed by atoms with Gasteiger partial charge in [-0.25, -0.2) is 0 Å². The van der Waals surface area contributed by atoms with Crippen LogP contribution >= 0.6 is 13.5 Å². The molecular weight excluding hydrogens is 284 g/mol. The lowest BCUT2D eigenvalue weighted by Gasteiger charge is -2.18. The van der Waals surface area contributed by atoms with Crippen molar-refractivity contribution in [3.63, 3.8) is 0 Å². The Balaban J connectivity index is 0.00000176. The van der Waals surface area contributed by atoms with E-state index < -0.39 is 0 Å². The van der Waals surface area contributed by atoms with Gasteiger partial charge in [-0.1, -0.05) is 66.7 Å². The predicted octanol–water partition coefficient (Wildman–Crippen LogP) is 6.06. The third-order valence-corrected chi connectivity index (χ3v) is 4.10. The maximum absolute atomic E-state index is 2.30. The van der Waals surface area contributed by atoms with E-state index in [1.165, 1.54) is 38.9 Å². The summed E-state index contributed by atoms with van der Waals surface area (Å²) >= 11 is 0. The number of hydrogen-bond acceptors (Lipinski definition) is 0. The number of hydrogen-bond donors (Lipinski definition) is 0. The third kappa shape index (κ3) is 2.95. The molecule has 0 aliphatic rings. The van der Waals surface area contributed by atoms with Crippen molar-refractivity contribution in [2.24, 2.45) is 0 Å². The summed E-state index contributed by atoms with van der Waals surface area (Å²) in [6.45, 7) is 6.65. The molecule has 0 bridgehead atoms. The molecule has 0 saturated heterocycles. The highest BCUT2D eigenvalue weighted by atomic mass is 32.1. The van der Waals surface area contributed by atoms with Crippen molar-refractivity contribution in [1.82, 2.24) is 0 Å². The van der Waals surface area contributed by atoms with Gasteiger partial charge in [0.2, 0.25) is 0 Å². The zero-order valence-corrected chi connectivity index (χ0v) is 14.4. The Bertz CT molecular complexity index is 695. The second-order valence-corrected chi connectivity index (χ2v) is 5.62. The monoisotopic (exact) mass is 306 g/mol. The second kappa shape index (κ2) is 6.85. The molecule has 0 saturated carbocycles. The molecule has 0 aliphatic heterocycles. The van der Waals surface area contributed by atoms with Crippen LogP contribution in [0.3, 0.4) is 0 Å². The van der Waals surface area contributed by atoms with Crippen LogP contribution < -0.4 is 0 Å². The zero-order chi connectivity index (χ0) is 14.8. The Morgan fingerprint density at radius 2 is 0.909 bits per heavy atom. The van der Waals surface area contributed by atoms with E-state index in [0.29, 0.717) is 0 Å². The summed E-state index contributed by atoms with van der Waals surface area (Å²) in [6, 6.07) is 23.6. The lowest BCUT2D eigenvalue weighted by Crippen LogP contribution is -1.95. The number of aryl methyl sites for hydroxylation is 2. The molecule has 0 aliphatic carbocycles. The van der Waals surface area contributed by atoms with Gasteiger partial charge in [-0.05, 0) is 59.7 Å². The van der Waals surface area contributed by atoms with Gasteiger partial charge in [0.05, 0.1) is 0 Å². The molecule has 3 aromatic rings. The highest BCUT2D eigenvalue weighted by Gasteiger charge is 2.13. The first kappa shape index (κ1) is 16.4. The standard InChI is InChI=1S/C21H20.H2S/c1-15-14-16(2)21(19-12-8-5-9-13-19)17(3)20(15)18-10-6-4-7-11-18;/h4-14H,1-3H3;1H2. The van der Waals surface area contributed by atoms with Crippen molar-refractivity contribution in [2.75, 3.05) is 0 Å². The van der Waals surface area contributed by atoms with Gasteiger partial charge < -0.3 is 0 Å². The average molecular weight is 306 g/mol. The lowest BCUT2D eigenvalue weighted by atomic mass is 9.86. The summed E-state index contributed by atoms with van der Waals surface area (Å²) in [6.07, 6.45) is 0. The molecule has 0 heterocycles. The van der Waals surface area contributed by atoms with Crippen molar-refractivity contribution in [1.29, 1.82) is 0 Å². The molecular formula is C21H22S. The van der Waals surface area contributed by atoms with Crippen LogP contribution in [-0.2, 0) is 0 Å². The van der Waals surface area contributed by atoms with E-state index in [4.69, 9.17) is 0 Å². The lowest BCUT2D eigenvalue weighted by molar-refractivity contribution is 1.32. The largest absolute Gasteiger partial charge is 0.197 e.